The van der Waals surface area contributed by atoms with E-state index in [-0.39, 0.29) is 18.0 Å². The molecule has 3 aromatic rings. The molecule has 1 aliphatic heterocycles. The second-order valence-corrected chi connectivity index (χ2v) is 8.66. The molecule has 1 aliphatic rings. The molecular weight excluding hydrogens is 414 g/mol. The summed E-state index contributed by atoms with van der Waals surface area (Å²) in [4.78, 5) is 31.7. The highest BCUT2D eigenvalue weighted by atomic mass is 16.2. The molecule has 3 amide bonds. The first-order valence-electron chi connectivity index (χ1n) is 11.5. The van der Waals surface area contributed by atoms with Gasteiger partial charge in [-0.25, -0.2) is 4.79 Å². The van der Waals surface area contributed by atoms with Crippen molar-refractivity contribution in [1.82, 2.24) is 20.5 Å². The summed E-state index contributed by atoms with van der Waals surface area (Å²) in [6.45, 7) is 7.07. The Kier molecular flexibility index (Phi) is 7.19. The number of carbonyl (C=O) groups excluding carboxylic acids is 2. The number of carbonyl (C=O) groups is 2. The number of para-hydroxylation sites is 1. The summed E-state index contributed by atoms with van der Waals surface area (Å²) in [5, 5.41) is 9.97. The molecule has 0 radical (unpaired) electrons. The highest BCUT2D eigenvalue weighted by molar-refractivity contribution is 6.00. The van der Waals surface area contributed by atoms with Gasteiger partial charge in [0, 0.05) is 48.9 Å². The van der Waals surface area contributed by atoms with Gasteiger partial charge in [-0.05, 0) is 51.0 Å². The van der Waals surface area contributed by atoms with Crippen LogP contribution in [0, 0.1) is 13.8 Å². The van der Waals surface area contributed by atoms with Gasteiger partial charge < -0.3 is 20.9 Å². The first-order chi connectivity index (χ1) is 16.0. The van der Waals surface area contributed by atoms with Gasteiger partial charge in [0.05, 0.1) is 11.2 Å². The predicted octanol–water partition coefficient (Wildman–Crippen LogP) is 3.87. The van der Waals surface area contributed by atoms with Crippen LogP contribution in [0.2, 0.25) is 0 Å². The molecule has 0 saturated carbocycles. The monoisotopic (exact) mass is 445 g/mol. The van der Waals surface area contributed by atoms with E-state index in [1.807, 2.05) is 68.4 Å². The molecule has 2 heterocycles. The topological polar surface area (TPSA) is 86.4 Å². The average Bonchev–Trinajstić information content (AvgIpc) is 2.80. The number of benzene rings is 2. The normalized spacial score (nSPS) is 14.7. The van der Waals surface area contributed by atoms with Crippen LogP contribution >= 0.6 is 0 Å². The molecule has 7 heteroatoms. The van der Waals surface area contributed by atoms with Gasteiger partial charge in [-0.15, -0.1) is 0 Å². The van der Waals surface area contributed by atoms with Crippen LogP contribution < -0.4 is 16.0 Å². The number of nitrogens with zero attached hydrogens (tertiary/aromatic N) is 2. The number of amides is 3. The highest BCUT2D eigenvalue weighted by Crippen LogP contribution is 2.22. The number of aromatic nitrogens is 1. The zero-order chi connectivity index (χ0) is 23.2. The SMILES string of the molecule is Cc1ccc(C(=O)NC2CCN(CCNC(=O)Nc3cc(C)nc4ccccc34)CC2)cc1. The van der Waals surface area contributed by atoms with Gasteiger partial charge in [-0.2, -0.15) is 0 Å². The van der Waals surface area contributed by atoms with E-state index in [9.17, 15) is 9.59 Å². The summed E-state index contributed by atoms with van der Waals surface area (Å²) < 4.78 is 0. The lowest BCUT2D eigenvalue weighted by Gasteiger charge is -2.32. The number of aryl methyl sites for hydroxylation is 2. The Balaban J connectivity index is 1.19. The second-order valence-electron chi connectivity index (χ2n) is 8.66. The molecule has 2 aromatic carbocycles. The van der Waals surface area contributed by atoms with Crippen LogP contribution in [0.5, 0.6) is 0 Å². The molecule has 4 rings (SSSR count). The maximum Gasteiger partial charge on any atom is 0.319 e. The number of likely N-dealkylation sites (tertiary alicyclic amines) is 1. The molecule has 33 heavy (non-hydrogen) atoms. The third kappa shape index (κ3) is 6.08. The van der Waals surface area contributed by atoms with Crippen LogP contribution in [0.4, 0.5) is 10.5 Å². The van der Waals surface area contributed by atoms with Crippen LogP contribution in [-0.2, 0) is 0 Å². The summed E-state index contributed by atoms with van der Waals surface area (Å²) >= 11 is 0. The first kappa shape index (κ1) is 22.7. The molecule has 0 atom stereocenters. The molecule has 0 aliphatic carbocycles. The van der Waals surface area contributed by atoms with Crippen LogP contribution in [-0.4, -0.2) is 54.0 Å². The zero-order valence-corrected chi connectivity index (χ0v) is 19.2. The number of pyridine rings is 1. The molecule has 0 spiro atoms. The molecule has 172 valence electrons. The number of piperidine rings is 1. The van der Waals surface area contributed by atoms with Crippen molar-refractivity contribution in [3.63, 3.8) is 0 Å². The van der Waals surface area contributed by atoms with Crippen molar-refractivity contribution >= 4 is 28.5 Å². The van der Waals surface area contributed by atoms with Crippen LogP contribution in [0.25, 0.3) is 10.9 Å². The predicted molar refractivity (Wildman–Crippen MR) is 132 cm³/mol. The van der Waals surface area contributed by atoms with Gasteiger partial charge in [0.1, 0.15) is 0 Å². The molecule has 1 aromatic heterocycles. The molecule has 0 bridgehead atoms. The maximum absolute atomic E-state index is 12.4. The van der Waals surface area contributed by atoms with Crippen LogP contribution in [0.15, 0.2) is 54.6 Å². The van der Waals surface area contributed by atoms with Crippen molar-refractivity contribution in [2.75, 3.05) is 31.5 Å². The standard InChI is InChI=1S/C26H31N5O2/c1-18-7-9-20(10-8-18)25(32)29-21-11-14-31(15-12-21)16-13-27-26(33)30-24-17-19(2)28-23-6-4-3-5-22(23)24/h3-10,17,21H,11-16H2,1-2H3,(H,29,32)(H2,27,28,30,33). The quantitative estimate of drug-likeness (QED) is 0.538. The van der Waals surface area contributed by atoms with E-state index in [1.165, 1.54) is 0 Å². The lowest BCUT2D eigenvalue weighted by molar-refractivity contribution is 0.0911. The third-order valence-electron chi connectivity index (χ3n) is 6.04. The van der Waals surface area contributed by atoms with E-state index >= 15 is 0 Å². The largest absolute Gasteiger partial charge is 0.349 e. The average molecular weight is 446 g/mol. The van der Waals surface area contributed by atoms with Crippen molar-refractivity contribution in [3.8, 4) is 0 Å². The van der Waals surface area contributed by atoms with E-state index in [4.69, 9.17) is 0 Å². The number of fused-ring (bicyclic) bond motifs is 1. The molecule has 1 fully saturated rings. The fourth-order valence-corrected chi connectivity index (χ4v) is 4.18. The van der Waals surface area contributed by atoms with Crippen LogP contribution in [0.1, 0.15) is 34.5 Å². The molecule has 1 saturated heterocycles. The number of anilines is 1. The highest BCUT2D eigenvalue weighted by Gasteiger charge is 2.21. The van der Waals surface area contributed by atoms with Crippen molar-refractivity contribution < 1.29 is 9.59 Å². The van der Waals surface area contributed by atoms with E-state index in [0.717, 1.165) is 60.3 Å². The third-order valence-corrected chi connectivity index (χ3v) is 6.04. The van der Waals surface area contributed by atoms with E-state index in [1.54, 1.807) is 0 Å². The maximum atomic E-state index is 12.4. The van der Waals surface area contributed by atoms with Gasteiger partial charge >= 0.3 is 6.03 Å². The summed E-state index contributed by atoms with van der Waals surface area (Å²) in [7, 11) is 0. The van der Waals surface area contributed by atoms with Gasteiger partial charge in [0.15, 0.2) is 0 Å². The lowest BCUT2D eigenvalue weighted by Crippen LogP contribution is -2.46. The van der Waals surface area contributed by atoms with Gasteiger partial charge in [-0.3, -0.25) is 9.78 Å². The minimum Gasteiger partial charge on any atom is -0.349 e. The molecule has 3 N–H and O–H groups in total. The van der Waals surface area contributed by atoms with E-state index in [0.29, 0.717) is 12.1 Å². The van der Waals surface area contributed by atoms with Crippen molar-refractivity contribution in [1.29, 1.82) is 0 Å². The Morgan fingerprint density at radius 2 is 1.76 bits per heavy atom. The number of hydrogen-bond acceptors (Lipinski definition) is 4. The number of urea groups is 1. The number of nitrogens with one attached hydrogen (secondary N) is 3. The Morgan fingerprint density at radius 1 is 1.03 bits per heavy atom. The Labute approximate surface area is 194 Å². The van der Waals surface area contributed by atoms with Crippen molar-refractivity contribution in [3.05, 3.63) is 71.4 Å². The lowest BCUT2D eigenvalue weighted by atomic mass is 10.0. The van der Waals surface area contributed by atoms with Gasteiger partial charge in [-0.1, -0.05) is 35.9 Å². The zero-order valence-electron chi connectivity index (χ0n) is 19.2. The minimum absolute atomic E-state index is 0.00865. The molecule has 7 nitrogen and oxygen atoms in total. The summed E-state index contributed by atoms with van der Waals surface area (Å²) in [6.07, 6.45) is 1.82. The fourth-order valence-electron chi connectivity index (χ4n) is 4.18. The molecular formula is C26H31N5O2. The Bertz CT molecular complexity index is 1120. The smallest absolute Gasteiger partial charge is 0.319 e. The number of hydrogen-bond donors (Lipinski definition) is 3. The van der Waals surface area contributed by atoms with Gasteiger partial charge in [0.2, 0.25) is 0 Å². The minimum atomic E-state index is -0.217. The first-order valence-corrected chi connectivity index (χ1v) is 11.5. The van der Waals surface area contributed by atoms with E-state index in [2.05, 4.69) is 25.8 Å². The fraction of sp³-hybridized carbons (Fsp3) is 0.346. The van der Waals surface area contributed by atoms with Gasteiger partial charge in [0.25, 0.3) is 5.91 Å². The summed E-state index contributed by atoms with van der Waals surface area (Å²) in [6, 6.07) is 17.3. The van der Waals surface area contributed by atoms with E-state index < -0.39 is 0 Å². The van der Waals surface area contributed by atoms with Crippen molar-refractivity contribution in [2.24, 2.45) is 0 Å². The Morgan fingerprint density at radius 3 is 2.52 bits per heavy atom. The summed E-state index contributed by atoms with van der Waals surface area (Å²) in [5.74, 6) is -0.00865. The second kappa shape index (κ2) is 10.4. The van der Waals surface area contributed by atoms with Crippen molar-refractivity contribution in [2.45, 2.75) is 32.7 Å². The summed E-state index contributed by atoms with van der Waals surface area (Å²) in [5.41, 5.74) is 4.34. The van der Waals surface area contributed by atoms with Crippen LogP contribution in [0.3, 0.4) is 0 Å². The molecule has 0 unspecified atom stereocenters. The Hall–Kier alpha value is -3.45. The number of rotatable bonds is 6.